The number of aromatic nitrogens is 2. The van der Waals surface area contributed by atoms with E-state index in [4.69, 9.17) is 0 Å². The Bertz CT molecular complexity index is 503. The van der Waals surface area contributed by atoms with E-state index in [1.165, 1.54) is 11.8 Å². The molecule has 1 aromatic rings. The third-order valence-electron chi connectivity index (χ3n) is 3.33. The predicted octanol–water partition coefficient (Wildman–Crippen LogP) is 2.53. The molecule has 0 saturated heterocycles. The second kappa shape index (κ2) is 6.25. The Hall–Kier alpha value is -1.57. The van der Waals surface area contributed by atoms with Crippen molar-refractivity contribution in [1.29, 1.82) is 0 Å². The molecule has 1 saturated carbocycles. The molecule has 1 aliphatic rings. The zero-order chi connectivity index (χ0) is 14.7. The SMILES string of the molecule is CSc1nc(NC2CCCC2)c([N+](=O)[O-])c(N(C)C)n1. The Labute approximate surface area is 122 Å². The third-order valence-corrected chi connectivity index (χ3v) is 3.88. The molecule has 0 bridgehead atoms. The number of hydrogen-bond acceptors (Lipinski definition) is 7. The number of thioether (sulfide) groups is 1. The van der Waals surface area contributed by atoms with Crippen molar-refractivity contribution in [3.05, 3.63) is 10.1 Å². The molecule has 0 radical (unpaired) electrons. The highest BCUT2D eigenvalue weighted by Crippen LogP contribution is 2.35. The average Bonchev–Trinajstić information content (AvgIpc) is 2.90. The maximum absolute atomic E-state index is 11.4. The molecule has 2 rings (SSSR count). The van der Waals surface area contributed by atoms with Crippen LogP contribution in [0.5, 0.6) is 0 Å². The maximum atomic E-state index is 11.4. The fourth-order valence-electron chi connectivity index (χ4n) is 2.36. The van der Waals surface area contributed by atoms with E-state index in [0.717, 1.165) is 25.7 Å². The number of nitrogens with one attached hydrogen (secondary N) is 1. The summed E-state index contributed by atoms with van der Waals surface area (Å²) in [6.45, 7) is 0. The van der Waals surface area contributed by atoms with Gasteiger partial charge in [-0.25, -0.2) is 0 Å². The first kappa shape index (κ1) is 14.8. The average molecular weight is 297 g/mol. The molecule has 0 amide bonds. The Morgan fingerprint density at radius 2 is 2.00 bits per heavy atom. The van der Waals surface area contributed by atoms with Gasteiger partial charge in [0.05, 0.1) is 4.92 Å². The van der Waals surface area contributed by atoms with E-state index < -0.39 is 4.92 Å². The van der Waals surface area contributed by atoms with E-state index in [-0.39, 0.29) is 11.7 Å². The Balaban J connectivity index is 2.44. The first-order valence-corrected chi connectivity index (χ1v) is 7.79. The van der Waals surface area contributed by atoms with E-state index in [0.29, 0.717) is 16.8 Å². The van der Waals surface area contributed by atoms with Crippen LogP contribution in [0.3, 0.4) is 0 Å². The Morgan fingerprint density at radius 3 is 2.50 bits per heavy atom. The van der Waals surface area contributed by atoms with Crippen LogP contribution in [0.2, 0.25) is 0 Å². The molecule has 20 heavy (non-hydrogen) atoms. The second-order valence-electron chi connectivity index (χ2n) is 5.01. The van der Waals surface area contributed by atoms with Gasteiger partial charge in [-0.15, -0.1) is 0 Å². The van der Waals surface area contributed by atoms with Gasteiger partial charge in [0.2, 0.25) is 11.6 Å². The summed E-state index contributed by atoms with van der Waals surface area (Å²) in [5.74, 6) is 0.680. The third kappa shape index (κ3) is 3.12. The zero-order valence-corrected chi connectivity index (χ0v) is 12.7. The van der Waals surface area contributed by atoms with Crippen molar-refractivity contribution in [2.75, 3.05) is 30.6 Å². The first-order chi connectivity index (χ1) is 9.52. The van der Waals surface area contributed by atoms with Gasteiger partial charge in [-0.1, -0.05) is 24.6 Å². The molecule has 110 valence electrons. The fourth-order valence-corrected chi connectivity index (χ4v) is 2.72. The summed E-state index contributed by atoms with van der Waals surface area (Å²) in [5, 5.41) is 15.1. The van der Waals surface area contributed by atoms with Crippen LogP contribution in [-0.4, -0.2) is 41.3 Å². The van der Waals surface area contributed by atoms with Crippen LogP contribution in [0.1, 0.15) is 25.7 Å². The van der Waals surface area contributed by atoms with Gasteiger partial charge in [-0.2, -0.15) is 9.97 Å². The molecule has 0 spiro atoms. The van der Waals surface area contributed by atoms with E-state index in [9.17, 15) is 10.1 Å². The minimum atomic E-state index is -0.406. The van der Waals surface area contributed by atoms with Crippen molar-refractivity contribution in [2.24, 2.45) is 0 Å². The highest BCUT2D eigenvalue weighted by molar-refractivity contribution is 7.98. The number of nitrogens with zero attached hydrogens (tertiary/aromatic N) is 4. The summed E-state index contributed by atoms with van der Waals surface area (Å²) >= 11 is 1.38. The summed E-state index contributed by atoms with van der Waals surface area (Å²) in [4.78, 5) is 21.2. The molecular formula is C12H19N5O2S. The molecule has 0 aromatic carbocycles. The monoisotopic (exact) mass is 297 g/mol. The van der Waals surface area contributed by atoms with Crippen molar-refractivity contribution in [3.8, 4) is 0 Å². The number of rotatable bonds is 5. The smallest absolute Gasteiger partial charge is 0.353 e. The molecule has 1 N–H and O–H groups in total. The molecule has 8 heteroatoms. The fraction of sp³-hybridized carbons (Fsp3) is 0.667. The summed E-state index contributed by atoms with van der Waals surface area (Å²) < 4.78 is 0. The van der Waals surface area contributed by atoms with Crippen molar-refractivity contribution in [2.45, 2.75) is 36.9 Å². The molecule has 1 heterocycles. The molecule has 0 aliphatic heterocycles. The van der Waals surface area contributed by atoms with Crippen LogP contribution in [-0.2, 0) is 0 Å². The van der Waals surface area contributed by atoms with Gasteiger partial charge in [0.25, 0.3) is 0 Å². The Kier molecular flexibility index (Phi) is 4.64. The maximum Gasteiger partial charge on any atom is 0.353 e. The van der Waals surface area contributed by atoms with E-state index in [1.807, 2.05) is 6.26 Å². The lowest BCUT2D eigenvalue weighted by Gasteiger charge is -2.17. The standard InChI is InChI=1S/C12H19N5O2S/c1-16(2)11-9(17(18)19)10(14-12(15-11)20-3)13-8-6-4-5-7-8/h8H,4-7H2,1-3H3,(H,13,14,15). The van der Waals surface area contributed by atoms with Gasteiger partial charge in [-0.05, 0) is 19.1 Å². The molecule has 7 nitrogen and oxygen atoms in total. The molecule has 0 atom stereocenters. The number of anilines is 2. The minimum Gasteiger partial charge on any atom is -0.361 e. The highest BCUT2D eigenvalue weighted by atomic mass is 32.2. The van der Waals surface area contributed by atoms with Gasteiger partial charge in [-0.3, -0.25) is 10.1 Å². The van der Waals surface area contributed by atoms with Gasteiger partial charge < -0.3 is 10.2 Å². The minimum absolute atomic E-state index is 0.0419. The summed E-state index contributed by atoms with van der Waals surface area (Å²) in [5.41, 5.74) is -0.0419. The first-order valence-electron chi connectivity index (χ1n) is 6.57. The van der Waals surface area contributed by atoms with Crippen molar-refractivity contribution < 1.29 is 4.92 Å². The lowest BCUT2D eigenvalue weighted by Crippen LogP contribution is -2.20. The quantitative estimate of drug-likeness (QED) is 0.387. The van der Waals surface area contributed by atoms with Gasteiger partial charge in [0, 0.05) is 20.1 Å². The normalized spacial score (nSPS) is 15.3. The van der Waals surface area contributed by atoms with Gasteiger partial charge in [0.15, 0.2) is 5.16 Å². The van der Waals surface area contributed by atoms with Crippen molar-refractivity contribution in [3.63, 3.8) is 0 Å². The van der Waals surface area contributed by atoms with Gasteiger partial charge in [0.1, 0.15) is 0 Å². The highest BCUT2D eigenvalue weighted by Gasteiger charge is 2.28. The summed E-state index contributed by atoms with van der Waals surface area (Å²) in [6.07, 6.45) is 6.25. The summed E-state index contributed by atoms with van der Waals surface area (Å²) in [6, 6.07) is 0.272. The van der Waals surface area contributed by atoms with Crippen molar-refractivity contribution >= 4 is 29.1 Å². The largest absolute Gasteiger partial charge is 0.361 e. The second-order valence-corrected chi connectivity index (χ2v) is 5.78. The molecular weight excluding hydrogens is 278 g/mol. The topological polar surface area (TPSA) is 84.2 Å². The lowest BCUT2D eigenvalue weighted by atomic mass is 10.2. The van der Waals surface area contributed by atoms with E-state index >= 15 is 0 Å². The molecule has 1 aliphatic carbocycles. The molecule has 1 aromatic heterocycles. The Morgan fingerprint density at radius 1 is 1.35 bits per heavy atom. The number of nitro groups is 1. The van der Waals surface area contributed by atoms with Crippen molar-refractivity contribution in [1.82, 2.24) is 9.97 Å². The van der Waals surface area contributed by atoms with Crippen LogP contribution >= 0.6 is 11.8 Å². The van der Waals surface area contributed by atoms with Crippen LogP contribution in [0, 0.1) is 10.1 Å². The van der Waals surface area contributed by atoms with Crippen LogP contribution in [0.25, 0.3) is 0 Å². The zero-order valence-electron chi connectivity index (χ0n) is 11.9. The van der Waals surface area contributed by atoms with Crippen LogP contribution in [0.4, 0.5) is 17.3 Å². The van der Waals surface area contributed by atoms with E-state index in [1.54, 1.807) is 19.0 Å². The molecule has 1 fully saturated rings. The number of hydrogen-bond donors (Lipinski definition) is 1. The molecule has 0 unspecified atom stereocenters. The van der Waals surface area contributed by atoms with E-state index in [2.05, 4.69) is 15.3 Å². The van der Waals surface area contributed by atoms with Gasteiger partial charge >= 0.3 is 5.69 Å². The lowest BCUT2D eigenvalue weighted by molar-refractivity contribution is -0.383. The summed E-state index contributed by atoms with van der Waals surface area (Å²) in [7, 11) is 3.50. The van der Waals surface area contributed by atoms with Crippen LogP contribution < -0.4 is 10.2 Å². The predicted molar refractivity (Wildman–Crippen MR) is 80.7 cm³/mol. The van der Waals surface area contributed by atoms with Crippen LogP contribution in [0.15, 0.2) is 5.16 Å².